The maximum atomic E-state index is 9.57. The summed E-state index contributed by atoms with van der Waals surface area (Å²) in [7, 11) is 0. The van der Waals surface area contributed by atoms with Crippen LogP contribution in [0.1, 0.15) is 34.6 Å². The lowest BCUT2D eigenvalue weighted by molar-refractivity contribution is -0.201. The molecule has 2 saturated heterocycles. The Hall–Kier alpha value is -0.730. The Morgan fingerprint density at radius 1 is 1.27 bits per heavy atom. The quantitative estimate of drug-likeness (QED) is 0.736. The van der Waals surface area contributed by atoms with Gasteiger partial charge in [0.2, 0.25) is 0 Å². The standard InChI is InChI=1S/C15H24N2O4S/c1-8-6-14(2,3)16-13(22)17(8)12-11-10(9(7-18)19-12)20-15(4,5)21-11/h6,9-12,18H,7H2,1-5H3,(H,16,22)/t9-,10-,11-,12-/m1/s1. The minimum Gasteiger partial charge on any atom is -0.394 e. The van der Waals surface area contributed by atoms with E-state index in [2.05, 4.69) is 25.2 Å². The van der Waals surface area contributed by atoms with Gasteiger partial charge < -0.3 is 24.6 Å². The number of aliphatic hydroxyl groups excluding tert-OH is 1. The molecule has 4 atom stereocenters. The first kappa shape index (κ1) is 16.1. The zero-order chi connectivity index (χ0) is 16.3. The predicted octanol–water partition coefficient (Wildman–Crippen LogP) is 1.10. The Bertz CT molecular complexity index is 520. The number of rotatable bonds is 2. The number of thiocarbonyl (C=S) groups is 1. The van der Waals surface area contributed by atoms with Crippen LogP contribution in [0.3, 0.4) is 0 Å². The zero-order valence-corrected chi connectivity index (χ0v) is 14.4. The molecule has 3 aliphatic rings. The maximum absolute atomic E-state index is 9.57. The normalized spacial score (nSPS) is 39.5. The molecule has 6 nitrogen and oxygen atoms in total. The molecule has 0 radical (unpaired) electrons. The Kier molecular flexibility index (Phi) is 3.77. The minimum absolute atomic E-state index is 0.112. The van der Waals surface area contributed by atoms with Crippen LogP contribution in [-0.4, -0.2) is 57.6 Å². The van der Waals surface area contributed by atoms with E-state index in [1.165, 1.54) is 0 Å². The van der Waals surface area contributed by atoms with Crippen LogP contribution in [0.15, 0.2) is 11.8 Å². The molecule has 3 heterocycles. The maximum Gasteiger partial charge on any atom is 0.176 e. The molecule has 7 heteroatoms. The van der Waals surface area contributed by atoms with Crippen molar-refractivity contribution in [1.29, 1.82) is 0 Å². The Labute approximate surface area is 136 Å². The second-order valence-electron chi connectivity index (χ2n) is 7.12. The lowest BCUT2D eigenvalue weighted by atomic mass is 10.0. The van der Waals surface area contributed by atoms with Crippen molar-refractivity contribution in [2.45, 2.75) is 70.5 Å². The molecule has 0 aromatic rings. The van der Waals surface area contributed by atoms with Crippen LogP contribution in [0, 0.1) is 0 Å². The molecule has 0 aliphatic carbocycles. The van der Waals surface area contributed by atoms with Crippen molar-refractivity contribution >= 4 is 17.3 Å². The summed E-state index contributed by atoms with van der Waals surface area (Å²) in [6.45, 7) is 9.76. The molecule has 0 amide bonds. The fraction of sp³-hybridized carbons (Fsp3) is 0.800. The van der Waals surface area contributed by atoms with Gasteiger partial charge in [0.15, 0.2) is 17.1 Å². The van der Waals surface area contributed by atoms with E-state index in [9.17, 15) is 5.11 Å². The Morgan fingerprint density at radius 2 is 1.91 bits per heavy atom. The molecule has 3 aliphatic heterocycles. The number of hydrogen-bond acceptors (Lipinski definition) is 5. The highest BCUT2D eigenvalue weighted by molar-refractivity contribution is 7.80. The molecule has 0 aromatic carbocycles. The second kappa shape index (κ2) is 5.14. The average molecular weight is 328 g/mol. The van der Waals surface area contributed by atoms with Crippen molar-refractivity contribution in [2.24, 2.45) is 0 Å². The number of nitrogens with one attached hydrogen (secondary N) is 1. The Balaban J connectivity index is 1.90. The number of hydrogen-bond donors (Lipinski definition) is 2. The van der Waals surface area contributed by atoms with E-state index >= 15 is 0 Å². The van der Waals surface area contributed by atoms with Crippen LogP contribution in [-0.2, 0) is 14.2 Å². The van der Waals surface area contributed by atoms with Crippen LogP contribution in [0.25, 0.3) is 0 Å². The minimum atomic E-state index is -0.688. The highest BCUT2D eigenvalue weighted by Crippen LogP contribution is 2.41. The van der Waals surface area contributed by atoms with Gasteiger partial charge in [-0.25, -0.2) is 0 Å². The third-order valence-electron chi connectivity index (χ3n) is 4.16. The summed E-state index contributed by atoms with van der Waals surface area (Å²) in [5.41, 5.74) is 0.808. The van der Waals surface area contributed by atoms with E-state index in [0.29, 0.717) is 5.11 Å². The van der Waals surface area contributed by atoms with Crippen LogP contribution in [0.2, 0.25) is 0 Å². The molecule has 0 bridgehead atoms. The number of fused-ring (bicyclic) bond motifs is 1. The van der Waals surface area contributed by atoms with E-state index in [-0.39, 0.29) is 24.4 Å². The van der Waals surface area contributed by atoms with Crippen LogP contribution in [0.4, 0.5) is 0 Å². The van der Waals surface area contributed by atoms with Gasteiger partial charge >= 0.3 is 0 Å². The molecule has 0 saturated carbocycles. The number of nitrogens with zero attached hydrogens (tertiary/aromatic N) is 1. The summed E-state index contributed by atoms with van der Waals surface area (Å²) in [5.74, 6) is -0.688. The third kappa shape index (κ3) is 2.65. The summed E-state index contributed by atoms with van der Waals surface area (Å²) in [5, 5.41) is 13.5. The van der Waals surface area contributed by atoms with E-state index < -0.39 is 18.1 Å². The second-order valence-corrected chi connectivity index (χ2v) is 7.51. The van der Waals surface area contributed by atoms with Gasteiger partial charge in [0.05, 0.1) is 12.1 Å². The van der Waals surface area contributed by atoms with Crippen LogP contribution >= 0.6 is 12.2 Å². The third-order valence-corrected chi connectivity index (χ3v) is 4.46. The molecule has 3 rings (SSSR count). The monoisotopic (exact) mass is 328 g/mol. The van der Waals surface area contributed by atoms with E-state index in [0.717, 1.165) is 5.70 Å². The Morgan fingerprint density at radius 3 is 2.50 bits per heavy atom. The molecule has 0 unspecified atom stereocenters. The molecular weight excluding hydrogens is 304 g/mol. The first-order valence-electron chi connectivity index (χ1n) is 7.56. The summed E-state index contributed by atoms with van der Waals surface area (Å²) in [6, 6.07) is 0. The van der Waals surface area contributed by atoms with Gasteiger partial charge in [0.1, 0.15) is 18.3 Å². The number of aliphatic hydroxyl groups is 1. The van der Waals surface area contributed by atoms with Crippen molar-refractivity contribution in [3.8, 4) is 0 Å². The molecule has 0 spiro atoms. The highest BCUT2D eigenvalue weighted by Gasteiger charge is 2.57. The van der Waals surface area contributed by atoms with Crippen molar-refractivity contribution < 1.29 is 19.3 Å². The van der Waals surface area contributed by atoms with E-state index in [4.69, 9.17) is 26.4 Å². The first-order chi connectivity index (χ1) is 10.1. The molecule has 0 aromatic heterocycles. The van der Waals surface area contributed by atoms with Gasteiger partial charge in [-0.1, -0.05) is 0 Å². The van der Waals surface area contributed by atoms with Crippen LogP contribution in [0.5, 0.6) is 0 Å². The van der Waals surface area contributed by atoms with Crippen molar-refractivity contribution in [1.82, 2.24) is 10.2 Å². The van der Waals surface area contributed by atoms with E-state index in [1.54, 1.807) is 0 Å². The van der Waals surface area contributed by atoms with Gasteiger partial charge in [0.25, 0.3) is 0 Å². The van der Waals surface area contributed by atoms with E-state index in [1.807, 2.05) is 25.7 Å². The molecular formula is C15H24N2O4S. The smallest absolute Gasteiger partial charge is 0.176 e. The summed E-state index contributed by atoms with van der Waals surface area (Å²) >= 11 is 5.52. The van der Waals surface area contributed by atoms with Gasteiger partial charge in [0, 0.05) is 5.70 Å². The lowest BCUT2D eigenvalue weighted by Crippen LogP contribution is -2.58. The molecule has 2 fully saturated rings. The first-order valence-corrected chi connectivity index (χ1v) is 7.97. The number of ether oxygens (including phenoxy) is 3. The largest absolute Gasteiger partial charge is 0.394 e. The van der Waals surface area contributed by atoms with Crippen molar-refractivity contribution in [3.63, 3.8) is 0 Å². The van der Waals surface area contributed by atoms with Crippen molar-refractivity contribution in [2.75, 3.05) is 6.61 Å². The van der Waals surface area contributed by atoms with Crippen molar-refractivity contribution in [3.05, 3.63) is 11.8 Å². The van der Waals surface area contributed by atoms with Gasteiger partial charge in [-0.15, -0.1) is 0 Å². The predicted molar refractivity (Wildman–Crippen MR) is 85.0 cm³/mol. The van der Waals surface area contributed by atoms with Gasteiger partial charge in [-0.2, -0.15) is 0 Å². The topological polar surface area (TPSA) is 63.2 Å². The summed E-state index contributed by atoms with van der Waals surface area (Å²) in [4.78, 5) is 1.92. The van der Waals surface area contributed by atoms with Gasteiger partial charge in [-0.3, -0.25) is 4.90 Å². The van der Waals surface area contributed by atoms with Crippen LogP contribution < -0.4 is 5.32 Å². The zero-order valence-electron chi connectivity index (χ0n) is 13.6. The molecule has 124 valence electrons. The average Bonchev–Trinajstić information content (AvgIpc) is 2.81. The SMILES string of the molecule is CC1=CC(C)(C)NC(=S)N1[C@@H]1O[C@H](CO)[C@H]2OC(C)(C)O[C@H]21. The summed E-state index contributed by atoms with van der Waals surface area (Å²) in [6.07, 6.45) is 0.694. The highest BCUT2D eigenvalue weighted by atomic mass is 32.1. The fourth-order valence-electron chi connectivity index (χ4n) is 3.45. The summed E-state index contributed by atoms with van der Waals surface area (Å²) < 4.78 is 17.9. The molecule has 22 heavy (non-hydrogen) atoms. The lowest BCUT2D eigenvalue weighted by Gasteiger charge is -2.42. The van der Waals surface area contributed by atoms with Gasteiger partial charge in [-0.05, 0) is 52.9 Å². The fourth-order valence-corrected chi connectivity index (χ4v) is 3.96. The number of allylic oxidation sites excluding steroid dienone is 1. The molecule has 2 N–H and O–H groups in total.